The van der Waals surface area contributed by atoms with Crippen molar-refractivity contribution in [3.63, 3.8) is 0 Å². The number of hydrogen-bond acceptors (Lipinski definition) is 6. The predicted molar refractivity (Wildman–Crippen MR) is 165 cm³/mol. The smallest absolute Gasteiger partial charge is 0.337 e. The average Bonchev–Trinajstić information content (AvgIpc) is 3.43. The van der Waals surface area contributed by atoms with Crippen molar-refractivity contribution in [1.82, 2.24) is 9.88 Å². The molecule has 0 amide bonds. The number of aromatic amines is 1. The number of rotatable bonds is 7. The number of esters is 1. The third kappa shape index (κ3) is 4.85. The van der Waals surface area contributed by atoms with E-state index >= 15 is 0 Å². The van der Waals surface area contributed by atoms with Crippen molar-refractivity contribution in [3.05, 3.63) is 124 Å². The van der Waals surface area contributed by atoms with E-state index in [9.17, 15) is 9.18 Å². The molecular formula is C36H33FN2O5. The first-order valence-corrected chi connectivity index (χ1v) is 14.7. The largest absolute Gasteiger partial charge is 0.497 e. The molecule has 8 heteroatoms. The molecule has 7 rings (SSSR count). The average molecular weight is 593 g/mol. The van der Waals surface area contributed by atoms with Crippen LogP contribution in [0.25, 0.3) is 10.9 Å². The molecule has 1 N–H and O–H groups in total. The number of carbonyl (C=O) groups excluding carboxylic acids is 1. The first-order chi connectivity index (χ1) is 21.5. The van der Waals surface area contributed by atoms with Gasteiger partial charge in [-0.2, -0.15) is 0 Å². The zero-order chi connectivity index (χ0) is 30.4. The highest BCUT2D eigenvalue weighted by molar-refractivity contribution is 5.89. The van der Waals surface area contributed by atoms with Crippen LogP contribution in [0.15, 0.2) is 78.9 Å². The summed E-state index contributed by atoms with van der Waals surface area (Å²) in [5, 5.41) is 1.14. The number of ether oxygens (including phenoxy) is 4. The lowest BCUT2D eigenvalue weighted by atomic mass is 9.80. The lowest BCUT2D eigenvalue weighted by molar-refractivity contribution is 0.0600. The Bertz CT molecular complexity index is 1850. The number of fused-ring (bicyclic) bond motifs is 6. The standard InChI is InChI=1S/C36H33FN2O5/c1-41-26-12-13-30-28(17-26)29-18-31-27-19-32(42-2)33(44-20-21-4-6-23(7-5-21)36(40)43-3)16-24(27)14-15-39(31)35(34(29)38-30)22-8-10-25(37)11-9-22/h4-13,16-17,19,31,35,38H,14-15,18,20H2,1-3H3. The minimum atomic E-state index is -0.369. The van der Waals surface area contributed by atoms with Crippen molar-refractivity contribution in [3.8, 4) is 17.2 Å². The second-order valence-electron chi connectivity index (χ2n) is 11.3. The molecule has 2 atom stereocenters. The molecule has 0 fully saturated rings. The second-order valence-corrected chi connectivity index (χ2v) is 11.3. The van der Waals surface area contributed by atoms with E-state index in [1.807, 2.05) is 30.3 Å². The highest BCUT2D eigenvalue weighted by Crippen LogP contribution is 2.50. The van der Waals surface area contributed by atoms with Crippen molar-refractivity contribution in [1.29, 1.82) is 0 Å². The highest BCUT2D eigenvalue weighted by atomic mass is 19.1. The Morgan fingerprint density at radius 2 is 1.73 bits per heavy atom. The van der Waals surface area contributed by atoms with Crippen molar-refractivity contribution >= 4 is 16.9 Å². The lowest BCUT2D eigenvalue weighted by Gasteiger charge is -2.46. The van der Waals surface area contributed by atoms with Gasteiger partial charge in [-0.3, -0.25) is 4.90 Å². The molecule has 44 heavy (non-hydrogen) atoms. The number of aromatic nitrogens is 1. The molecule has 0 radical (unpaired) electrons. The Labute approximate surface area is 255 Å². The lowest BCUT2D eigenvalue weighted by Crippen LogP contribution is -2.43. The van der Waals surface area contributed by atoms with Crippen molar-refractivity contribution < 1.29 is 28.1 Å². The fourth-order valence-electron chi connectivity index (χ4n) is 6.74. The highest BCUT2D eigenvalue weighted by Gasteiger charge is 2.41. The number of carbonyl (C=O) groups is 1. The molecule has 0 bridgehead atoms. The van der Waals surface area contributed by atoms with Gasteiger partial charge in [0.05, 0.1) is 32.9 Å². The number of nitrogens with zero attached hydrogens (tertiary/aromatic N) is 1. The summed E-state index contributed by atoms with van der Waals surface area (Å²) in [6, 6.07) is 24.4. The second kappa shape index (κ2) is 11.4. The van der Waals surface area contributed by atoms with Crippen molar-refractivity contribution in [2.75, 3.05) is 27.9 Å². The summed E-state index contributed by atoms with van der Waals surface area (Å²) in [5.74, 6) is 1.55. The van der Waals surface area contributed by atoms with Crippen molar-refractivity contribution in [2.24, 2.45) is 0 Å². The maximum atomic E-state index is 14.0. The monoisotopic (exact) mass is 592 g/mol. The first-order valence-electron chi connectivity index (χ1n) is 14.7. The van der Waals surface area contributed by atoms with Gasteiger partial charge >= 0.3 is 5.97 Å². The maximum Gasteiger partial charge on any atom is 0.337 e. The fraction of sp³-hybridized carbons (Fsp3) is 0.250. The zero-order valence-corrected chi connectivity index (χ0v) is 24.9. The number of nitrogens with one attached hydrogen (secondary N) is 1. The van der Waals surface area contributed by atoms with Gasteiger partial charge in [0.2, 0.25) is 0 Å². The topological polar surface area (TPSA) is 73.0 Å². The number of H-pyrrole nitrogens is 1. The predicted octanol–water partition coefficient (Wildman–Crippen LogP) is 6.93. The van der Waals surface area contributed by atoms with E-state index in [0.29, 0.717) is 23.7 Å². The van der Waals surface area contributed by atoms with Gasteiger partial charge in [-0.25, -0.2) is 9.18 Å². The van der Waals surface area contributed by atoms with Crippen LogP contribution in [0.1, 0.15) is 56.0 Å². The molecule has 7 nitrogen and oxygen atoms in total. The van der Waals surface area contributed by atoms with E-state index in [1.165, 1.54) is 35.9 Å². The maximum absolute atomic E-state index is 14.0. The number of halogens is 1. The normalized spacial score (nSPS) is 17.4. The van der Waals surface area contributed by atoms with Crippen LogP contribution in [0, 0.1) is 5.82 Å². The summed E-state index contributed by atoms with van der Waals surface area (Å²) < 4.78 is 36.5. The summed E-state index contributed by atoms with van der Waals surface area (Å²) in [7, 11) is 4.71. The molecule has 0 spiro atoms. The SMILES string of the molecule is COC(=O)c1ccc(COc2cc3c(cc2OC)C2Cc4c([nH]c5ccc(OC)cc45)C(c4ccc(F)cc4)N2CC3)cc1. The van der Waals surface area contributed by atoms with Gasteiger partial charge in [-0.05, 0) is 95.3 Å². The van der Waals surface area contributed by atoms with Gasteiger partial charge in [0.1, 0.15) is 18.2 Å². The van der Waals surface area contributed by atoms with Gasteiger partial charge in [-0.1, -0.05) is 24.3 Å². The van der Waals surface area contributed by atoms with E-state index in [1.54, 1.807) is 26.4 Å². The Kier molecular flexibility index (Phi) is 7.22. The molecule has 2 aliphatic rings. The molecule has 0 saturated carbocycles. The van der Waals surface area contributed by atoms with Crippen LogP contribution in [0.3, 0.4) is 0 Å². The fourth-order valence-corrected chi connectivity index (χ4v) is 6.74. The molecule has 2 aliphatic heterocycles. The third-order valence-corrected chi connectivity index (χ3v) is 8.93. The Morgan fingerprint density at radius 1 is 0.932 bits per heavy atom. The summed E-state index contributed by atoms with van der Waals surface area (Å²) in [6.07, 6.45) is 1.64. The van der Waals surface area contributed by atoms with Crippen LogP contribution in [0.5, 0.6) is 17.2 Å². The quantitative estimate of drug-likeness (QED) is 0.207. The molecule has 0 saturated heterocycles. The minimum absolute atomic E-state index is 0.0641. The van der Waals surface area contributed by atoms with Crippen LogP contribution >= 0.6 is 0 Å². The number of hydrogen-bond donors (Lipinski definition) is 1. The van der Waals surface area contributed by atoms with Crippen LogP contribution < -0.4 is 14.2 Å². The van der Waals surface area contributed by atoms with Gasteiger partial charge in [0.25, 0.3) is 0 Å². The van der Waals surface area contributed by atoms with E-state index in [4.69, 9.17) is 18.9 Å². The molecule has 5 aromatic rings. The molecule has 0 aliphatic carbocycles. The Hall–Kier alpha value is -4.82. The van der Waals surface area contributed by atoms with Gasteiger partial charge in [-0.15, -0.1) is 0 Å². The summed E-state index contributed by atoms with van der Waals surface area (Å²) in [5.41, 5.74) is 8.35. The van der Waals surface area contributed by atoms with Crippen LogP contribution in [0.2, 0.25) is 0 Å². The van der Waals surface area contributed by atoms with E-state index < -0.39 is 0 Å². The van der Waals surface area contributed by atoms with Crippen LogP contribution in [-0.4, -0.2) is 43.7 Å². The van der Waals surface area contributed by atoms with Crippen molar-refractivity contribution in [2.45, 2.75) is 31.5 Å². The molecule has 4 aromatic carbocycles. The first kappa shape index (κ1) is 28.0. The van der Waals surface area contributed by atoms with E-state index in [-0.39, 0.29) is 23.9 Å². The molecule has 3 heterocycles. The van der Waals surface area contributed by atoms with Crippen LogP contribution in [-0.2, 0) is 24.2 Å². The summed E-state index contributed by atoms with van der Waals surface area (Å²) in [6.45, 7) is 1.16. The van der Waals surface area contributed by atoms with Gasteiger partial charge in [0, 0.05) is 29.2 Å². The Balaban J connectivity index is 1.25. The summed E-state index contributed by atoms with van der Waals surface area (Å²) >= 11 is 0. The molecule has 224 valence electrons. The van der Waals surface area contributed by atoms with E-state index in [0.717, 1.165) is 52.9 Å². The molecule has 1 aromatic heterocycles. The van der Waals surface area contributed by atoms with Gasteiger partial charge < -0.3 is 23.9 Å². The van der Waals surface area contributed by atoms with E-state index in [2.05, 4.69) is 34.1 Å². The third-order valence-electron chi connectivity index (χ3n) is 8.93. The molecular weight excluding hydrogens is 559 g/mol. The van der Waals surface area contributed by atoms with Gasteiger partial charge in [0.15, 0.2) is 11.5 Å². The molecule has 2 unspecified atom stereocenters. The number of benzene rings is 4. The van der Waals surface area contributed by atoms with Crippen LogP contribution in [0.4, 0.5) is 4.39 Å². The number of methoxy groups -OCH3 is 3. The zero-order valence-electron chi connectivity index (χ0n) is 24.9. The summed E-state index contributed by atoms with van der Waals surface area (Å²) in [4.78, 5) is 18.0. The minimum Gasteiger partial charge on any atom is -0.497 e. The Morgan fingerprint density at radius 3 is 2.45 bits per heavy atom.